The van der Waals surface area contributed by atoms with Crippen LogP contribution in [0.3, 0.4) is 0 Å². The predicted molar refractivity (Wildman–Crippen MR) is 45.6 cm³/mol. The maximum absolute atomic E-state index is 5.44. The summed E-state index contributed by atoms with van der Waals surface area (Å²) in [6, 6.07) is 0. The van der Waals surface area contributed by atoms with E-state index in [1.165, 1.54) is 0 Å². The van der Waals surface area contributed by atoms with Gasteiger partial charge in [0.05, 0.1) is 6.10 Å². The van der Waals surface area contributed by atoms with Crippen LogP contribution in [-0.4, -0.2) is 33.0 Å². The zero-order valence-corrected chi connectivity index (χ0v) is 7.51. The standard InChI is InChI=1S/C8H19NO2/c1-3-8(7-9)11-6-4-5-10-2/h8H,3-7,9H2,1-2H3. The molecule has 68 valence electrons. The highest BCUT2D eigenvalue weighted by Gasteiger charge is 2.01. The van der Waals surface area contributed by atoms with Gasteiger partial charge in [0.1, 0.15) is 0 Å². The van der Waals surface area contributed by atoms with Crippen LogP contribution in [0.2, 0.25) is 0 Å². The second-order valence-electron chi connectivity index (χ2n) is 2.48. The molecule has 0 saturated heterocycles. The van der Waals surface area contributed by atoms with Gasteiger partial charge in [-0.1, -0.05) is 6.92 Å². The van der Waals surface area contributed by atoms with Crippen LogP contribution in [0.5, 0.6) is 0 Å². The van der Waals surface area contributed by atoms with Gasteiger partial charge in [-0.2, -0.15) is 0 Å². The molecule has 0 bridgehead atoms. The molecule has 0 aromatic heterocycles. The second-order valence-corrected chi connectivity index (χ2v) is 2.48. The lowest BCUT2D eigenvalue weighted by Gasteiger charge is -2.12. The molecule has 3 nitrogen and oxygen atoms in total. The summed E-state index contributed by atoms with van der Waals surface area (Å²) in [5.74, 6) is 0. The van der Waals surface area contributed by atoms with Crippen molar-refractivity contribution in [3.63, 3.8) is 0 Å². The Labute approximate surface area is 68.9 Å². The Morgan fingerprint density at radius 1 is 1.36 bits per heavy atom. The van der Waals surface area contributed by atoms with Crippen molar-refractivity contribution >= 4 is 0 Å². The Hall–Kier alpha value is -0.120. The minimum atomic E-state index is 0.229. The summed E-state index contributed by atoms with van der Waals surface area (Å²) in [6.07, 6.45) is 2.17. The highest BCUT2D eigenvalue weighted by Crippen LogP contribution is 1.96. The highest BCUT2D eigenvalue weighted by molar-refractivity contribution is 4.54. The normalized spacial score (nSPS) is 13.4. The summed E-state index contributed by atoms with van der Waals surface area (Å²) in [6.45, 7) is 4.21. The van der Waals surface area contributed by atoms with Gasteiger partial charge >= 0.3 is 0 Å². The molecule has 2 N–H and O–H groups in total. The van der Waals surface area contributed by atoms with Crippen molar-refractivity contribution < 1.29 is 9.47 Å². The Bertz CT molecular complexity index is 74.5. The highest BCUT2D eigenvalue weighted by atomic mass is 16.5. The van der Waals surface area contributed by atoms with E-state index in [1.54, 1.807) is 7.11 Å². The lowest BCUT2D eigenvalue weighted by atomic mass is 10.3. The fourth-order valence-corrected chi connectivity index (χ4v) is 0.806. The number of hydrogen-bond donors (Lipinski definition) is 1. The molecule has 1 unspecified atom stereocenters. The first-order chi connectivity index (χ1) is 5.35. The molecule has 0 aromatic rings. The first-order valence-corrected chi connectivity index (χ1v) is 4.15. The van der Waals surface area contributed by atoms with Crippen molar-refractivity contribution in [2.24, 2.45) is 5.73 Å². The van der Waals surface area contributed by atoms with Crippen molar-refractivity contribution in [3.05, 3.63) is 0 Å². The number of nitrogens with two attached hydrogens (primary N) is 1. The molecule has 0 saturated carbocycles. The van der Waals surface area contributed by atoms with Gasteiger partial charge in [-0.25, -0.2) is 0 Å². The van der Waals surface area contributed by atoms with Crippen molar-refractivity contribution in [1.29, 1.82) is 0 Å². The fraction of sp³-hybridized carbons (Fsp3) is 1.00. The zero-order chi connectivity index (χ0) is 8.53. The molecule has 0 aliphatic carbocycles. The van der Waals surface area contributed by atoms with Crippen LogP contribution in [0, 0.1) is 0 Å². The summed E-state index contributed by atoms with van der Waals surface area (Å²) < 4.78 is 10.3. The van der Waals surface area contributed by atoms with Gasteiger partial charge in [0, 0.05) is 26.9 Å². The van der Waals surface area contributed by atoms with Crippen molar-refractivity contribution in [2.45, 2.75) is 25.9 Å². The average molecular weight is 161 g/mol. The molecule has 0 amide bonds. The van der Waals surface area contributed by atoms with E-state index < -0.39 is 0 Å². The van der Waals surface area contributed by atoms with Gasteiger partial charge in [-0.3, -0.25) is 0 Å². The Morgan fingerprint density at radius 2 is 2.09 bits per heavy atom. The van der Waals surface area contributed by atoms with E-state index in [1.807, 2.05) is 0 Å². The largest absolute Gasteiger partial charge is 0.385 e. The van der Waals surface area contributed by atoms with Gasteiger partial charge < -0.3 is 15.2 Å². The summed E-state index contributed by atoms with van der Waals surface area (Å²) >= 11 is 0. The summed E-state index contributed by atoms with van der Waals surface area (Å²) in [5.41, 5.74) is 5.44. The summed E-state index contributed by atoms with van der Waals surface area (Å²) in [5, 5.41) is 0. The van der Waals surface area contributed by atoms with Crippen LogP contribution < -0.4 is 5.73 Å². The third-order valence-electron chi connectivity index (χ3n) is 1.56. The molecule has 11 heavy (non-hydrogen) atoms. The number of rotatable bonds is 7. The fourth-order valence-electron chi connectivity index (χ4n) is 0.806. The van der Waals surface area contributed by atoms with Gasteiger partial charge in [0.2, 0.25) is 0 Å². The maximum atomic E-state index is 5.44. The monoisotopic (exact) mass is 161 g/mol. The number of ether oxygens (including phenoxy) is 2. The van der Waals surface area contributed by atoms with E-state index in [0.717, 1.165) is 26.1 Å². The van der Waals surface area contributed by atoms with Crippen molar-refractivity contribution in [2.75, 3.05) is 26.9 Å². The molecule has 3 heteroatoms. The quantitative estimate of drug-likeness (QED) is 0.561. The molecular formula is C8H19NO2. The summed E-state index contributed by atoms with van der Waals surface area (Å²) in [7, 11) is 1.69. The number of hydrogen-bond acceptors (Lipinski definition) is 3. The lowest BCUT2D eigenvalue weighted by molar-refractivity contribution is 0.0426. The van der Waals surface area contributed by atoms with E-state index >= 15 is 0 Å². The first kappa shape index (κ1) is 10.9. The first-order valence-electron chi connectivity index (χ1n) is 4.15. The van der Waals surface area contributed by atoms with Crippen LogP contribution in [0.25, 0.3) is 0 Å². The molecule has 0 aliphatic rings. The smallest absolute Gasteiger partial charge is 0.0694 e. The molecule has 0 aromatic carbocycles. The van der Waals surface area contributed by atoms with Gasteiger partial charge in [-0.15, -0.1) is 0 Å². The lowest BCUT2D eigenvalue weighted by Crippen LogP contribution is -2.23. The summed E-state index contributed by atoms with van der Waals surface area (Å²) in [4.78, 5) is 0. The molecule has 0 fully saturated rings. The molecule has 0 spiro atoms. The van der Waals surface area contributed by atoms with Crippen molar-refractivity contribution in [3.8, 4) is 0 Å². The minimum Gasteiger partial charge on any atom is -0.385 e. The number of methoxy groups -OCH3 is 1. The van der Waals surface area contributed by atoms with Gasteiger partial charge in [0.25, 0.3) is 0 Å². The van der Waals surface area contributed by atoms with Crippen molar-refractivity contribution in [1.82, 2.24) is 0 Å². The van der Waals surface area contributed by atoms with Gasteiger partial charge in [0.15, 0.2) is 0 Å². The molecule has 0 aliphatic heterocycles. The van der Waals surface area contributed by atoms with E-state index in [-0.39, 0.29) is 6.10 Å². The molecular weight excluding hydrogens is 142 g/mol. The minimum absolute atomic E-state index is 0.229. The van der Waals surface area contributed by atoms with E-state index in [4.69, 9.17) is 15.2 Å². The second kappa shape index (κ2) is 7.98. The SMILES string of the molecule is CCC(CN)OCCCOC. The van der Waals surface area contributed by atoms with Crippen LogP contribution in [0.1, 0.15) is 19.8 Å². The maximum Gasteiger partial charge on any atom is 0.0694 e. The molecule has 0 rings (SSSR count). The Morgan fingerprint density at radius 3 is 2.55 bits per heavy atom. The molecule has 0 heterocycles. The van der Waals surface area contributed by atoms with Gasteiger partial charge in [-0.05, 0) is 12.8 Å². The predicted octanol–water partition coefficient (Wildman–Crippen LogP) is 0.777. The van der Waals surface area contributed by atoms with E-state index in [0.29, 0.717) is 6.54 Å². The van der Waals surface area contributed by atoms with Crippen LogP contribution >= 0.6 is 0 Å². The average Bonchev–Trinajstić information content (AvgIpc) is 2.05. The van der Waals surface area contributed by atoms with Crippen LogP contribution in [0.15, 0.2) is 0 Å². The third kappa shape index (κ3) is 6.28. The Kier molecular flexibility index (Phi) is 7.89. The van der Waals surface area contributed by atoms with Crippen LogP contribution in [-0.2, 0) is 9.47 Å². The molecule has 1 atom stereocenters. The molecule has 0 radical (unpaired) electrons. The zero-order valence-electron chi connectivity index (χ0n) is 7.51. The van der Waals surface area contributed by atoms with E-state index in [2.05, 4.69) is 6.92 Å². The van der Waals surface area contributed by atoms with Crippen LogP contribution in [0.4, 0.5) is 0 Å². The van der Waals surface area contributed by atoms with E-state index in [9.17, 15) is 0 Å². The topological polar surface area (TPSA) is 44.5 Å². The Balaban J connectivity index is 3.07. The third-order valence-corrected chi connectivity index (χ3v) is 1.56.